The maximum absolute atomic E-state index is 12.9. The molecule has 0 bridgehead atoms. The summed E-state index contributed by atoms with van der Waals surface area (Å²) in [6, 6.07) is -0.534. The van der Waals surface area contributed by atoms with Gasteiger partial charge >= 0.3 is 0 Å². The van der Waals surface area contributed by atoms with E-state index >= 15 is 0 Å². The van der Waals surface area contributed by atoms with E-state index in [0.29, 0.717) is 35.7 Å². The fourth-order valence-corrected chi connectivity index (χ4v) is 3.44. The maximum atomic E-state index is 12.9. The van der Waals surface area contributed by atoms with Crippen molar-refractivity contribution in [3.63, 3.8) is 0 Å². The number of hydrogen-bond acceptors (Lipinski definition) is 2. The first kappa shape index (κ1) is 18.0. The van der Waals surface area contributed by atoms with Crippen molar-refractivity contribution in [1.82, 2.24) is 10.2 Å². The third kappa shape index (κ3) is 3.28. The Hall–Kier alpha value is -2.36. The number of rotatable bonds is 4. The van der Waals surface area contributed by atoms with Gasteiger partial charge in [0.2, 0.25) is 5.91 Å². The lowest BCUT2D eigenvalue weighted by Crippen LogP contribution is -2.49. The zero-order valence-corrected chi connectivity index (χ0v) is 14.8. The van der Waals surface area contributed by atoms with Crippen LogP contribution in [0, 0.1) is 5.92 Å². The molecule has 2 rings (SSSR count). The van der Waals surface area contributed by atoms with Gasteiger partial charge in [0, 0.05) is 22.5 Å². The summed E-state index contributed by atoms with van der Waals surface area (Å²) in [7, 11) is 0. The Kier molecular flexibility index (Phi) is 5.27. The smallest absolute Gasteiger partial charge is 0.259 e. The molecule has 2 fully saturated rings. The topological polar surface area (TPSA) is 49.4 Å². The van der Waals surface area contributed by atoms with Gasteiger partial charge in [-0.3, -0.25) is 14.5 Å². The minimum atomic E-state index is -0.534. The van der Waals surface area contributed by atoms with Crippen molar-refractivity contribution in [2.24, 2.45) is 5.92 Å². The van der Waals surface area contributed by atoms with Crippen LogP contribution in [0.2, 0.25) is 0 Å². The largest absolute Gasteiger partial charge is 0.329 e. The second kappa shape index (κ2) is 7.04. The van der Waals surface area contributed by atoms with Crippen molar-refractivity contribution in [3.8, 4) is 0 Å². The standard InChI is InChI=1S/C20H26N2O2/c1-7-8-16-18(13(4)11-12(2)3)15(6)22(20(16)24)17-10-9-14(5)21-19(17)23/h7-8,12,17H,1,5-6,9-11H2,2-4H3,(H,21,23)/b16-8+,18-13+. The molecule has 1 atom stereocenters. The lowest BCUT2D eigenvalue weighted by atomic mass is 9.94. The Balaban J connectivity index is 2.46. The number of carbonyl (C=O) groups is 2. The van der Waals surface area contributed by atoms with Crippen molar-refractivity contribution in [2.45, 2.75) is 46.1 Å². The van der Waals surface area contributed by atoms with E-state index in [2.05, 4.69) is 38.9 Å². The highest BCUT2D eigenvalue weighted by atomic mass is 16.2. The molecule has 0 aromatic heterocycles. The highest BCUT2D eigenvalue weighted by Gasteiger charge is 2.42. The number of piperidine rings is 1. The number of nitrogens with zero attached hydrogens (tertiary/aromatic N) is 1. The maximum Gasteiger partial charge on any atom is 0.259 e. The van der Waals surface area contributed by atoms with E-state index in [0.717, 1.165) is 17.6 Å². The molecule has 2 aliphatic rings. The molecule has 0 spiro atoms. The number of allylic oxidation sites excluding steroid dienone is 5. The zero-order valence-electron chi connectivity index (χ0n) is 14.8. The van der Waals surface area contributed by atoms with Crippen molar-refractivity contribution in [2.75, 3.05) is 0 Å². The summed E-state index contributed by atoms with van der Waals surface area (Å²) in [4.78, 5) is 26.8. The Labute approximate surface area is 144 Å². The van der Waals surface area contributed by atoms with Crippen LogP contribution in [0.25, 0.3) is 0 Å². The second-order valence-corrected chi connectivity index (χ2v) is 6.84. The van der Waals surface area contributed by atoms with E-state index < -0.39 is 6.04 Å². The minimum Gasteiger partial charge on any atom is -0.329 e. The monoisotopic (exact) mass is 326 g/mol. The fraction of sp³-hybridized carbons (Fsp3) is 0.400. The van der Waals surface area contributed by atoms with E-state index in [1.807, 2.05) is 6.92 Å². The number of likely N-dealkylation sites (tertiary alicyclic amines) is 1. The molecular formula is C20H26N2O2. The highest BCUT2D eigenvalue weighted by Crippen LogP contribution is 2.39. The van der Waals surface area contributed by atoms with Gasteiger partial charge in [-0.05, 0) is 38.2 Å². The molecule has 4 nitrogen and oxygen atoms in total. The molecule has 128 valence electrons. The predicted octanol–water partition coefficient (Wildman–Crippen LogP) is 3.61. The van der Waals surface area contributed by atoms with Crippen LogP contribution < -0.4 is 5.32 Å². The summed E-state index contributed by atoms with van der Waals surface area (Å²) in [6.45, 7) is 17.9. The Morgan fingerprint density at radius 2 is 2.04 bits per heavy atom. The number of hydrogen-bond donors (Lipinski definition) is 1. The van der Waals surface area contributed by atoms with Crippen molar-refractivity contribution < 1.29 is 9.59 Å². The average molecular weight is 326 g/mol. The Morgan fingerprint density at radius 1 is 1.38 bits per heavy atom. The van der Waals surface area contributed by atoms with Crippen LogP contribution in [-0.2, 0) is 9.59 Å². The lowest BCUT2D eigenvalue weighted by Gasteiger charge is -2.31. The molecule has 1 unspecified atom stereocenters. The lowest BCUT2D eigenvalue weighted by molar-refractivity contribution is -0.135. The van der Waals surface area contributed by atoms with Crippen molar-refractivity contribution in [3.05, 3.63) is 60.0 Å². The summed E-state index contributed by atoms with van der Waals surface area (Å²) in [5.74, 6) is 0.105. The van der Waals surface area contributed by atoms with Gasteiger partial charge in [-0.15, -0.1) is 0 Å². The van der Waals surface area contributed by atoms with Crippen LogP contribution >= 0.6 is 0 Å². The molecule has 0 aliphatic carbocycles. The SMILES string of the molecule is C=C/C=C1/C(=O)N(C2CCC(=C)NC2=O)C(=C)/C1=C(/C)CC(C)C. The van der Waals surface area contributed by atoms with Gasteiger partial charge in [-0.1, -0.05) is 45.2 Å². The Morgan fingerprint density at radius 3 is 2.58 bits per heavy atom. The highest BCUT2D eigenvalue weighted by molar-refractivity contribution is 6.07. The van der Waals surface area contributed by atoms with Crippen LogP contribution in [0.3, 0.4) is 0 Å². The first-order valence-electron chi connectivity index (χ1n) is 8.32. The van der Waals surface area contributed by atoms with Gasteiger partial charge in [-0.25, -0.2) is 0 Å². The molecule has 0 radical (unpaired) electrons. The third-order valence-electron chi connectivity index (χ3n) is 4.36. The van der Waals surface area contributed by atoms with E-state index in [-0.39, 0.29) is 11.8 Å². The molecule has 2 saturated heterocycles. The van der Waals surface area contributed by atoms with Gasteiger partial charge in [0.05, 0.1) is 0 Å². The molecule has 0 aromatic rings. The van der Waals surface area contributed by atoms with Crippen molar-refractivity contribution in [1.29, 1.82) is 0 Å². The zero-order chi connectivity index (χ0) is 18.0. The van der Waals surface area contributed by atoms with Crippen LogP contribution in [0.1, 0.15) is 40.0 Å². The first-order valence-corrected chi connectivity index (χ1v) is 8.32. The molecule has 2 amide bonds. The van der Waals surface area contributed by atoms with E-state index in [4.69, 9.17) is 0 Å². The summed E-state index contributed by atoms with van der Waals surface area (Å²) in [6.07, 6.45) is 5.42. The van der Waals surface area contributed by atoms with Crippen LogP contribution in [0.5, 0.6) is 0 Å². The van der Waals surface area contributed by atoms with Crippen LogP contribution in [0.15, 0.2) is 60.0 Å². The summed E-state index contributed by atoms with van der Waals surface area (Å²) < 4.78 is 0. The molecule has 24 heavy (non-hydrogen) atoms. The molecule has 2 aliphatic heterocycles. The third-order valence-corrected chi connectivity index (χ3v) is 4.36. The van der Waals surface area contributed by atoms with Gasteiger partial charge in [0.1, 0.15) is 6.04 Å². The second-order valence-electron chi connectivity index (χ2n) is 6.84. The van der Waals surface area contributed by atoms with Gasteiger partial charge in [-0.2, -0.15) is 0 Å². The van der Waals surface area contributed by atoms with Crippen molar-refractivity contribution >= 4 is 11.8 Å². The van der Waals surface area contributed by atoms with Gasteiger partial charge in [0.15, 0.2) is 0 Å². The molecular weight excluding hydrogens is 300 g/mol. The molecule has 0 saturated carbocycles. The van der Waals surface area contributed by atoms with Crippen LogP contribution in [0.4, 0.5) is 0 Å². The van der Waals surface area contributed by atoms with E-state index in [1.165, 1.54) is 4.90 Å². The minimum absolute atomic E-state index is 0.175. The number of carbonyl (C=O) groups excluding carboxylic acids is 2. The number of nitrogens with one attached hydrogen (secondary N) is 1. The van der Waals surface area contributed by atoms with E-state index in [9.17, 15) is 9.59 Å². The summed E-state index contributed by atoms with van der Waals surface area (Å²) in [5, 5.41) is 2.75. The number of amides is 2. The molecule has 0 aromatic carbocycles. The van der Waals surface area contributed by atoms with E-state index in [1.54, 1.807) is 12.2 Å². The van der Waals surface area contributed by atoms with Gasteiger partial charge in [0.25, 0.3) is 5.91 Å². The van der Waals surface area contributed by atoms with Crippen LogP contribution in [-0.4, -0.2) is 22.8 Å². The summed E-state index contributed by atoms with van der Waals surface area (Å²) in [5.41, 5.74) is 3.84. The summed E-state index contributed by atoms with van der Waals surface area (Å²) >= 11 is 0. The average Bonchev–Trinajstić information content (AvgIpc) is 2.71. The Bertz CT molecular complexity index is 680. The molecule has 1 N–H and O–H groups in total. The van der Waals surface area contributed by atoms with Gasteiger partial charge < -0.3 is 5.32 Å². The quantitative estimate of drug-likeness (QED) is 0.802. The predicted molar refractivity (Wildman–Crippen MR) is 96.7 cm³/mol. The first-order chi connectivity index (χ1) is 11.3. The normalized spacial score (nSPS) is 25.6. The molecule has 2 heterocycles. The molecule has 4 heteroatoms. The fourth-order valence-electron chi connectivity index (χ4n) is 3.44.